The van der Waals surface area contributed by atoms with Crippen LogP contribution in [0.4, 0.5) is 11.5 Å². The van der Waals surface area contributed by atoms with E-state index < -0.39 is 10.6 Å². The summed E-state index contributed by atoms with van der Waals surface area (Å²) in [6, 6.07) is 4.97. The molecule has 0 radical (unpaired) electrons. The molecule has 2 N–H and O–H groups in total. The number of hydrogen-bond acceptors (Lipinski definition) is 6. The van der Waals surface area contributed by atoms with Gasteiger partial charge in [-0.25, -0.2) is 9.78 Å². The largest absolute Gasteiger partial charge is 0.384 e. The summed E-state index contributed by atoms with van der Waals surface area (Å²) >= 11 is 0. The molecular formula is C10H9N5O3. The molecule has 8 nitrogen and oxygen atoms in total. The zero-order valence-electron chi connectivity index (χ0n) is 9.18. The summed E-state index contributed by atoms with van der Waals surface area (Å²) < 4.78 is 1.11. The highest BCUT2D eigenvalue weighted by molar-refractivity contribution is 5.29. The van der Waals surface area contributed by atoms with E-state index >= 15 is 0 Å². The first-order valence-corrected chi connectivity index (χ1v) is 4.98. The molecule has 2 aromatic rings. The Kier molecular flexibility index (Phi) is 3.00. The molecule has 0 aliphatic carbocycles. The second-order valence-electron chi connectivity index (χ2n) is 3.53. The van der Waals surface area contributed by atoms with Crippen molar-refractivity contribution in [2.24, 2.45) is 0 Å². The van der Waals surface area contributed by atoms with Crippen LogP contribution in [0.15, 0.2) is 35.4 Å². The highest BCUT2D eigenvalue weighted by Gasteiger charge is 2.09. The molecule has 0 atom stereocenters. The first kappa shape index (κ1) is 11.7. The van der Waals surface area contributed by atoms with Crippen molar-refractivity contribution in [3.8, 4) is 0 Å². The average Bonchev–Trinajstić information content (AvgIpc) is 2.31. The maximum atomic E-state index is 11.5. The van der Waals surface area contributed by atoms with Gasteiger partial charge < -0.3 is 5.73 Å². The Balaban J connectivity index is 2.37. The van der Waals surface area contributed by atoms with E-state index in [9.17, 15) is 14.9 Å². The molecule has 92 valence electrons. The number of rotatable bonds is 3. The lowest BCUT2D eigenvalue weighted by Crippen LogP contribution is -2.23. The molecule has 2 heterocycles. The molecule has 18 heavy (non-hydrogen) atoms. The number of nitrogens with two attached hydrogens (primary N) is 1. The van der Waals surface area contributed by atoms with Gasteiger partial charge in [0.15, 0.2) is 0 Å². The number of anilines is 1. The maximum Gasteiger partial charge on any atom is 0.348 e. The van der Waals surface area contributed by atoms with Gasteiger partial charge in [0.1, 0.15) is 12.0 Å². The van der Waals surface area contributed by atoms with Crippen LogP contribution in [0, 0.1) is 10.1 Å². The lowest BCUT2D eigenvalue weighted by atomic mass is 10.3. The Bertz CT molecular complexity index is 652. The summed E-state index contributed by atoms with van der Waals surface area (Å²) in [6.07, 6.45) is 2.05. The molecule has 0 spiro atoms. The van der Waals surface area contributed by atoms with Crippen LogP contribution < -0.4 is 11.4 Å². The first-order valence-electron chi connectivity index (χ1n) is 4.98. The standard InChI is InChI=1S/C10H9N5O3/c11-9-3-1-2-7(13-9)5-14-6-8(15(17)18)4-12-10(14)16/h1-4,6H,5H2,(H2,11,13). The van der Waals surface area contributed by atoms with Crippen molar-refractivity contribution >= 4 is 11.5 Å². The minimum atomic E-state index is -0.615. The molecule has 2 rings (SSSR count). The molecule has 0 bridgehead atoms. The normalized spacial score (nSPS) is 10.2. The van der Waals surface area contributed by atoms with Crippen LogP contribution in [-0.4, -0.2) is 19.5 Å². The number of aromatic nitrogens is 3. The Morgan fingerprint density at radius 1 is 1.44 bits per heavy atom. The topological polar surface area (TPSA) is 117 Å². The van der Waals surface area contributed by atoms with E-state index in [-0.39, 0.29) is 12.2 Å². The third-order valence-corrected chi connectivity index (χ3v) is 2.21. The molecule has 0 aromatic carbocycles. The summed E-state index contributed by atoms with van der Waals surface area (Å²) in [7, 11) is 0. The van der Waals surface area contributed by atoms with Gasteiger partial charge in [0.05, 0.1) is 23.4 Å². The van der Waals surface area contributed by atoms with Gasteiger partial charge in [-0.05, 0) is 12.1 Å². The summed E-state index contributed by atoms with van der Waals surface area (Å²) in [5.41, 5.74) is 5.20. The molecular weight excluding hydrogens is 238 g/mol. The fourth-order valence-electron chi connectivity index (χ4n) is 1.41. The second-order valence-corrected chi connectivity index (χ2v) is 3.53. The zero-order chi connectivity index (χ0) is 13.1. The van der Waals surface area contributed by atoms with Crippen molar-refractivity contribution < 1.29 is 4.92 Å². The number of nitrogens with zero attached hydrogens (tertiary/aromatic N) is 4. The molecule has 0 amide bonds. The predicted molar refractivity (Wildman–Crippen MR) is 62.9 cm³/mol. The van der Waals surface area contributed by atoms with Crippen molar-refractivity contribution in [1.29, 1.82) is 0 Å². The van der Waals surface area contributed by atoms with Crippen molar-refractivity contribution in [3.63, 3.8) is 0 Å². The van der Waals surface area contributed by atoms with Crippen molar-refractivity contribution in [2.75, 3.05) is 5.73 Å². The second kappa shape index (κ2) is 4.62. The fraction of sp³-hybridized carbons (Fsp3) is 0.100. The van der Waals surface area contributed by atoms with Gasteiger partial charge >= 0.3 is 11.4 Å². The van der Waals surface area contributed by atoms with Gasteiger partial charge in [0.25, 0.3) is 0 Å². The molecule has 0 fully saturated rings. The van der Waals surface area contributed by atoms with Crippen LogP contribution in [0.3, 0.4) is 0 Å². The highest BCUT2D eigenvalue weighted by atomic mass is 16.6. The predicted octanol–water partition coefficient (Wildman–Crippen LogP) is 0.177. The van der Waals surface area contributed by atoms with Crippen LogP contribution in [0.5, 0.6) is 0 Å². The van der Waals surface area contributed by atoms with E-state index in [0.29, 0.717) is 11.5 Å². The highest BCUT2D eigenvalue weighted by Crippen LogP contribution is 2.07. The zero-order valence-corrected chi connectivity index (χ0v) is 9.18. The van der Waals surface area contributed by atoms with Gasteiger partial charge in [0, 0.05) is 0 Å². The van der Waals surface area contributed by atoms with E-state index in [2.05, 4.69) is 9.97 Å². The van der Waals surface area contributed by atoms with E-state index in [1.54, 1.807) is 18.2 Å². The molecule has 2 aromatic heterocycles. The van der Waals surface area contributed by atoms with Crippen LogP contribution in [-0.2, 0) is 6.54 Å². The molecule has 8 heteroatoms. The average molecular weight is 247 g/mol. The fourth-order valence-corrected chi connectivity index (χ4v) is 1.41. The van der Waals surface area contributed by atoms with E-state index in [4.69, 9.17) is 5.73 Å². The number of pyridine rings is 1. The van der Waals surface area contributed by atoms with Crippen molar-refractivity contribution in [3.05, 3.63) is 56.9 Å². The number of nitro groups is 1. The Morgan fingerprint density at radius 2 is 2.22 bits per heavy atom. The summed E-state index contributed by atoms with van der Waals surface area (Å²) in [4.78, 5) is 28.9. The number of hydrogen-bond donors (Lipinski definition) is 1. The quantitative estimate of drug-likeness (QED) is 0.610. The molecule has 0 aliphatic heterocycles. The minimum Gasteiger partial charge on any atom is -0.384 e. The third-order valence-electron chi connectivity index (χ3n) is 2.21. The summed E-state index contributed by atoms with van der Waals surface area (Å²) in [5.74, 6) is 0.318. The van der Waals surface area contributed by atoms with Crippen LogP contribution >= 0.6 is 0 Å². The lowest BCUT2D eigenvalue weighted by Gasteiger charge is -2.04. The maximum absolute atomic E-state index is 11.5. The molecule has 0 aliphatic rings. The SMILES string of the molecule is Nc1cccc(Cn2cc([N+](=O)[O-])cnc2=O)n1. The third kappa shape index (κ3) is 2.48. The number of nitrogen functional groups attached to an aromatic ring is 1. The first-order chi connectivity index (χ1) is 8.56. The van der Waals surface area contributed by atoms with Crippen molar-refractivity contribution in [1.82, 2.24) is 14.5 Å². The Labute approximate surface area is 101 Å². The lowest BCUT2D eigenvalue weighted by molar-refractivity contribution is -0.385. The van der Waals surface area contributed by atoms with Gasteiger partial charge in [-0.1, -0.05) is 6.07 Å². The van der Waals surface area contributed by atoms with E-state index in [1.165, 1.54) is 0 Å². The van der Waals surface area contributed by atoms with Crippen LogP contribution in [0.1, 0.15) is 5.69 Å². The monoisotopic (exact) mass is 247 g/mol. The van der Waals surface area contributed by atoms with Gasteiger partial charge in [0.2, 0.25) is 0 Å². The Morgan fingerprint density at radius 3 is 2.89 bits per heavy atom. The molecule has 0 saturated heterocycles. The summed E-state index contributed by atoms with van der Waals surface area (Å²) in [6.45, 7) is 0.0819. The van der Waals surface area contributed by atoms with E-state index in [1.807, 2.05) is 0 Å². The van der Waals surface area contributed by atoms with Gasteiger partial charge in [-0.15, -0.1) is 0 Å². The van der Waals surface area contributed by atoms with Gasteiger partial charge in [-0.3, -0.25) is 14.7 Å². The van der Waals surface area contributed by atoms with Crippen molar-refractivity contribution in [2.45, 2.75) is 6.54 Å². The molecule has 0 saturated carbocycles. The van der Waals surface area contributed by atoms with Crippen LogP contribution in [0.25, 0.3) is 0 Å². The summed E-state index contributed by atoms with van der Waals surface area (Å²) in [5, 5.41) is 10.6. The van der Waals surface area contributed by atoms with E-state index in [0.717, 1.165) is 17.0 Å². The molecule has 0 unspecified atom stereocenters. The Hall–Kier alpha value is -2.77. The minimum absolute atomic E-state index is 0.0819. The smallest absolute Gasteiger partial charge is 0.348 e. The van der Waals surface area contributed by atoms with Gasteiger partial charge in [-0.2, -0.15) is 4.98 Å². The van der Waals surface area contributed by atoms with Crippen LogP contribution in [0.2, 0.25) is 0 Å².